The van der Waals surface area contributed by atoms with Gasteiger partial charge in [0.2, 0.25) is 5.91 Å². The van der Waals surface area contributed by atoms with Gasteiger partial charge < -0.3 is 135 Å². The van der Waals surface area contributed by atoms with E-state index in [4.69, 9.17) is 53.1 Å². The maximum absolute atomic E-state index is 12.5. The third-order valence-electron chi connectivity index (χ3n) is 11.8. The first-order chi connectivity index (χ1) is 31.0. The summed E-state index contributed by atoms with van der Waals surface area (Å²) in [6.07, 6.45) is -41.2. The zero-order valence-corrected chi connectivity index (χ0v) is 35.3. The summed E-state index contributed by atoms with van der Waals surface area (Å²) in [7, 11) is 0. The number of unbranched alkanes of at least 4 members (excludes halogenated alkanes) is 2. The zero-order chi connectivity index (χ0) is 47.9. The fourth-order valence-corrected chi connectivity index (χ4v) is 8.17. The van der Waals surface area contributed by atoms with Gasteiger partial charge in [0.15, 0.2) is 31.5 Å². The summed E-state index contributed by atoms with van der Waals surface area (Å²) in [5.74, 6) is -0.801. The molecule has 5 aliphatic rings. The Morgan fingerprint density at radius 2 is 0.846 bits per heavy atom. The zero-order valence-electron chi connectivity index (χ0n) is 35.3. The van der Waals surface area contributed by atoms with E-state index in [0.717, 1.165) is 19.8 Å². The first kappa shape index (κ1) is 54.4. The summed E-state index contributed by atoms with van der Waals surface area (Å²) in [5, 5.41) is 162. The third-order valence-corrected chi connectivity index (χ3v) is 11.8. The molecule has 28 nitrogen and oxygen atoms in total. The van der Waals surface area contributed by atoms with E-state index in [-0.39, 0.29) is 6.61 Å². The largest absolute Gasteiger partial charge is 0.394 e. The Hall–Kier alpha value is -1.57. The van der Waals surface area contributed by atoms with Crippen LogP contribution in [0.5, 0.6) is 0 Å². The van der Waals surface area contributed by atoms with Crippen LogP contribution in [0.4, 0.5) is 0 Å². The maximum Gasteiger partial charge on any atom is 0.217 e. The number of carbonyl (C=O) groups excluding carboxylic acids is 1. The van der Waals surface area contributed by atoms with E-state index in [2.05, 4.69) is 5.32 Å². The highest BCUT2D eigenvalue weighted by atomic mass is 16.8. The van der Waals surface area contributed by atoms with E-state index in [9.17, 15) is 81.4 Å². The highest BCUT2D eigenvalue weighted by Crippen LogP contribution is 2.36. The number of rotatable bonds is 20. The van der Waals surface area contributed by atoms with E-state index < -0.39 is 192 Å². The van der Waals surface area contributed by atoms with Crippen LogP contribution in [-0.4, -0.2) is 282 Å². The Morgan fingerprint density at radius 3 is 1.35 bits per heavy atom. The smallest absolute Gasteiger partial charge is 0.217 e. The highest BCUT2D eigenvalue weighted by molar-refractivity contribution is 5.73. The Morgan fingerprint density at radius 1 is 0.446 bits per heavy atom. The van der Waals surface area contributed by atoms with Crippen LogP contribution in [0.1, 0.15) is 26.2 Å². The van der Waals surface area contributed by atoms with Gasteiger partial charge in [0.05, 0.1) is 33.0 Å². The van der Waals surface area contributed by atoms with Crippen LogP contribution in [-0.2, 0) is 52.2 Å². The van der Waals surface area contributed by atoms with Crippen LogP contribution < -0.4 is 11.1 Å². The Bertz CT molecular complexity index is 1430. The topological polar surface area (TPSA) is 451 Å². The van der Waals surface area contributed by atoms with Crippen LogP contribution in [0, 0.1) is 0 Å². The van der Waals surface area contributed by atoms with Crippen molar-refractivity contribution in [2.75, 3.05) is 46.2 Å². The molecule has 380 valence electrons. The minimum Gasteiger partial charge on any atom is -0.394 e. The van der Waals surface area contributed by atoms with Gasteiger partial charge in [-0.25, -0.2) is 0 Å². The number of aliphatic hydroxyl groups is 15. The fraction of sp³-hybridized carbons (Fsp3) is 0.973. The van der Waals surface area contributed by atoms with Gasteiger partial charge in [0.1, 0.15) is 122 Å². The Kier molecular flexibility index (Phi) is 20.8. The molecular weight excluding hydrogens is 888 g/mol. The molecule has 28 heteroatoms. The molecule has 0 aromatic rings. The van der Waals surface area contributed by atoms with Gasteiger partial charge in [-0.2, -0.15) is 0 Å². The summed E-state index contributed by atoms with van der Waals surface area (Å²) in [4.78, 5) is 12.5. The lowest BCUT2D eigenvalue weighted by molar-refractivity contribution is -0.389. The number of aliphatic hydroxyl groups excluding tert-OH is 15. The predicted octanol–water partition coefficient (Wildman–Crippen LogP) is -10.6. The molecule has 25 atom stereocenters. The Labute approximate surface area is 371 Å². The predicted molar refractivity (Wildman–Crippen MR) is 205 cm³/mol. The highest BCUT2D eigenvalue weighted by Gasteiger charge is 2.57. The first-order valence-corrected chi connectivity index (χ1v) is 21.3. The van der Waals surface area contributed by atoms with Crippen LogP contribution in [0.3, 0.4) is 0 Å². The summed E-state index contributed by atoms with van der Waals surface area (Å²) in [5.41, 5.74) is 5.49. The van der Waals surface area contributed by atoms with Gasteiger partial charge in [-0.15, -0.1) is 0 Å². The first-order valence-electron chi connectivity index (χ1n) is 21.3. The van der Waals surface area contributed by atoms with Gasteiger partial charge in [-0.05, 0) is 25.8 Å². The van der Waals surface area contributed by atoms with E-state index in [1.54, 1.807) is 0 Å². The number of hydrogen-bond acceptors (Lipinski definition) is 27. The van der Waals surface area contributed by atoms with Crippen molar-refractivity contribution in [3.63, 3.8) is 0 Å². The van der Waals surface area contributed by atoms with Gasteiger partial charge >= 0.3 is 0 Å². The van der Waals surface area contributed by atoms with E-state index >= 15 is 0 Å². The van der Waals surface area contributed by atoms with Crippen molar-refractivity contribution >= 4 is 5.91 Å². The molecule has 0 spiro atoms. The molecule has 5 aliphatic heterocycles. The van der Waals surface area contributed by atoms with E-state index in [1.165, 1.54) is 0 Å². The number of hydrogen-bond donors (Lipinski definition) is 17. The average molecular weight is 955 g/mol. The lowest BCUT2D eigenvalue weighted by Crippen LogP contribution is -2.70. The molecule has 65 heavy (non-hydrogen) atoms. The van der Waals surface area contributed by atoms with Gasteiger partial charge in [0.25, 0.3) is 0 Å². The van der Waals surface area contributed by atoms with Crippen LogP contribution in [0.15, 0.2) is 0 Å². The van der Waals surface area contributed by atoms with Crippen LogP contribution in [0.2, 0.25) is 0 Å². The van der Waals surface area contributed by atoms with Crippen molar-refractivity contribution in [3.8, 4) is 0 Å². The van der Waals surface area contributed by atoms with Gasteiger partial charge in [-0.1, -0.05) is 0 Å². The second-order valence-electron chi connectivity index (χ2n) is 16.4. The molecule has 18 N–H and O–H groups in total. The third kappa shape index (κ3) is 12.4. The molecule has 0 aromatic carbocycles. The van der Waals surface area contributed by atoms with Crippen molar-refractivity contribution in [3.05, 3.63) is 0 Å². The van der Waals surface area contributed by atoms with Crippen LogP contribution >= 0.6 is 0 Å². The molecule has 0 radical (unpaired) electrons. The van der Waals surface area contributed by atoms with Crippen molar-refractivity contribution < 1.29 is 129 Å². The van der Waals surface area contributed by atoms with Gasteiger partial charge in [-0.3, -0.25) is 4.79 Å². The average Bonchev–Trinajstić information content (AvgIpc) is 3.29. The Balaban J connectivity index is 1.31. The van der Waals surface area contributed by atoms with E-state index in [0.29, 0.717) is 13.0 Å². The molecule has 15 unspecified atom stereocenters. The normalized spacial score (nSPS) is 47.4. The summed E-state index contributed by atoms with van der Waals surface area (Å²) < 4.78 is 56.9. The van der Waals surface area contributed by atoms with Crippen molar-refractivity contribution in [1.82, 2.24) is 5.32 Å². The summed E-state index contributed by atoms with van der Waals surface area (Å²) in [6, 6.07) is -1.67. The summed E-state index contributed by atoms with van der Waals surface area (Å²) >= 11 is 0. The molecule has 0 aromatic heterocycles. The second-order valence-corrected chi connectivity index (χ2v) is 16.4. The standard InChI is InChI=1S/C37H66N2O26/c1-12(45)39-18-31(64-35-25(52)22(49)19(46)13(7-40)58-35)20(47)14(8-41)57-33(18)65-32-21(48)15(9-42)59-37(28(32)55)63-30-17(11-44)61-36(27(54)24(30)51)62-29-16(10-43)60-34(26(53)23(29)50)56-6-4-2-3-5-38/h13-37,40-44,46-55H,2-11,38H2,1H3,(H,39,45)/t13?,14?,15?,16?,17?,18?,19-,20-,21-,22?,23?,24?,25?,26?,27?,28?,29+,30-,31?,32?,33-,34+,35-,36-,37+/m0/s1. The molecule has 1 amide bonds. The molecule has 0 bridgehead atoms. The minimum absolute atomic E-state index is 0.128. The van der Waals surface area contributed by atoms with Crippen molar-refractivity contribution in [2.45, 2.75) is 180 Å². The minimum atomic E-state index is -2.14. The lowest BCUT2D eigenvalue weighted by atomic mass is 9.94. The second kappa shape index (κ2) is 24.8. The molecule has 5 saturated heterocycles. The monoisotopic (exact) mass is 954 g/mol. The summed E-state index contributed by atoms with van der Waals surface area (Å²) in [6.45, 7) is -2.87. The van der Waals surface area contributed by atoms with Crippen molar-refractivity contribution in [1.29, 1.82) is 0 Å². The number of nitrogens with one attached hydrogen (secondary N) is 1. The quantitative estimate of drug-likeness (QED) is 0.0504. The molecule has 5 rings (SSSR count). The molecule has 0 saturated carbocycles. The molecular formula is C37H66N2O26. The van der Waals surface area contributed by atoms with Crippen molar-refractivity contribution in [2.24, 2.45) is 5.73 Å². The maximum atomic E-state index is 12.5. The van der Waals surface area contributed by atoms with Crippen LogP contribution in [0.25, 0.3) is 0 Å². The number of nitrogens with two attached hydrogens (primary N) is 1. The number of ether oxygens (including phenoxy) is 10. The lowest BCUT2D eigenvalue weighted by Gasteiger charge is -2.50. The number of carbonyl (C=O) groups is 1. The number of amides is 1. The molecule has 5 heterocycles. The molecule has 0 aliphatic carbocycles. The van der Waals surface area contributed by atoms with E-state index in [1.807, 2.05) is 0 Å². The van der Waals surface area contributed by atoms with Gasteiger partial charge in [0, 0.05) is 13.5 Å². The molecule has 5 fully saturated rings. The SMILES string of the molecule is CC(=O)NC1C(O[C@@H]2OC(CO)[C@H](O)C(O)C2O)[C@@H](O)C(CO)O[C@H]1OC1C(O)[C@@H](O[C@H]2C(CO)O[C@@H](O[C@@H]3C(CO)O[C@@H](OCCCCCN)C(O)C3O)C(O)C2O)OC(CO)[C@@H]1O. The fourth-order valence-electron chi connectivity index (χ4n) is 8.17.